The van der Waals surface area contributed by atoms with Crippen molar-refractivity contribution in [2.45, 2.75) is 19.0 Å². The summed E-state index contributed by atoms with van der Waals surface area (Å²) in [6.07, 6.45) is -4.10. The first-order valence-electron chi connectivity index (χ1n) is 7.26. The van der Waals surface area contributed by atoms with Crippen molar-refractivity contribution in [1.82, 2.24) is 0 Å². The number of carbonyl (C=O) groups excluding carboxylic acids is 2. The normalized spacial score (nSPS) is 11.0. The second-order valence-corrected chi connectivity index (χ2v) is 6.12. The molecule has 0 aliphatic heterocycles. The van der Waals surface area contributed by atoms with Crippen LogP contribution in [0.3, 0.4) is 0 Å². The monoisotopic (exact) mass is 414 g/mol. The summed E-state index contributed by atoms with van der Waals surface area (Å²) < 4.78 is 37.4. The van der Waals surface area contributed by atoms with Gasteiger partial charge in [-0.2, -0.15) is 13.2 Å². The van der Waals surface area contributed by atoms with E-state index in [4.69, 9.17) is 0 Å². The smallest absolute Gasteiger partial charge is 0.326 e. The Hall–Kier alpha value is -2.35. The van der Waals surface area contributed by atoms with Gasteiger partial charge in [-0.15, -0.1) is 0 Å². The minimum atomic E-state index is -4.94. The molecule has 2 aromatic carbocycles. The number of aryl methyl sites for hydroxylation is 1. The maximum atomic E-state index is 12.2. The van der Waals surface area contributed by atoms with Gasteiger partial charge in [0.2, 0.25) is 5.91 Å². The minimum absolute atomic E-state index is 0.00446. The van der Waals surface area contributed by atoms with Crippen LogP contribution in [0, 0.1) is 0 Å². The SMILES string of the molecule is O=C(CCc1ccc(Br)cc1)Nc1ccc(NC(=O)C(F)(F)F)cc1. The molecule has 8 heteroatoms. The highest BCUT2D eigenvalue weighted by Crippen LogP contribution is 2.20. The Morgan fingerprint density at radius 1 is 0.880 bits per heavy atom. The molecule has 0 spiro atoms. The minimum Gasteiger partial charge on any atom is -0.326 e. The predicted octanol–water partition coefficient (Wildman–Crippen LogP) is 4.52. The third kappa shape index (κ3) is 6.22. The van der Waals surface area contributed by atoms with E-state index in [1.54, 1.807) is 5.32 Å². The second-order valence-electron chi connectivity index (χ2n) is 5.20. The average Bonchev–Trinajstić information content (AvgIpc) is 2.55. The quantitative estimate of drug-likeness (QED) is 0.755. The first-order chi connectivity index (χ1) is 11.7. The lowest BCUT2D eigenvalue weighted by atomic mass is 10.1. The number of carbonyl (C=O) groups is 2. The summed E-state index contributed by atoms with van der Waals surface area (Å²) in [7, 11) is 0. The highest BCUT2D eigenvalue weighted by molar-refractivity contribution is 9.10. The number of anilines is 2. The standard InChI is InChI=1S/C17H14BrF3N2O2/c18-12-4-1-11(2-5-12)3-10-15(24)22-13-6-8-14(9-7-13)23-16(25)17(19,20)21/h1-2,4-9H,3,10H2,(H,22,24)(H,23,25). The van der Waals surface area contributed by atoms with E-state index in [2.05, 4.69) is 21.2 Å². The molecule has 2 rings (SSSR count). The van der Waals surface area contributed by atoms with Crippen molar-refractivity contribution >= 4 is 39.1 Å². The van der Waals surface area contributed by atoms with Gasteiger partial charge in [-0.1, -0.05) is 28.1 Å². The first kappa shape index (κ1) is 19.0. The highest BCUT2D eigenvalue weighted by atomic mass is 79.9. The van der Waals surface area contributed by atoms with E-state index in [-0.39, 0.29) is 18.0 Å². The summed E-state index contributed by atoms with van der Waals surface area (Å²) in [5.74, 6) is -2.26. The molecular weight excluding hydrogens is 401 g/mol. The number of rotatable bonds is 5. The van der Waals surface area contributed by atoms with Gasteiger partial charge in [0.1, 0.15) is 0 Å². The van der Waals surface area contributed by atoms with Gasteiger partial charge >= 0.3 is 12.1 Å². The molecule has 0 aromatic heterocycles. The van der Waals surface area contributed by atoms with E-state index in [1.165, 1.54) is 24.3 Å². The van der Waals surface area contributed by atoms with Gasteiger partial charge in [-0.3, -0.25) is 9.59 Å². The first-order valence-corrected chi connectivity index (χ1v) is 8.06. The van der Waals surface area contributed by atoms with Crippen molar-refractivity contribution in [2.24, 2.45) is 0 Å². The number of benzene rings is 2. The van der Waals surface area contributed by atoms with Gasteiger partial charge in [0.25, 0.3) is 0 Å². The van der Waals surface area contributed by atoms with Crippen LogP contribution in [0.15, 0.2) is 53.0 Å². The van der Waals surface area contributed by atoms with Crippen molar-refractivity contribution in [1.29, 1.82) is 0 Å². The Morgan fingerprint density at radius 3 is 1.92 bits per heavy atom. The lowest BCUT2D eigenvalue weighted by molar-refractivity contribution is -0.167. The Bertz CT molecular complexity index is 744. The molecule has 0 heterocycles. The molecule has 0 saturated carbocycles. The molecule has 0 aliphatic carbocycles. The molecule has 2 amide bonds. The van der Waals surface area contributed by atoms with E-state index in [1.807, 2.05) is 24.3 Å². The van der Waals surface area contributed by atoms with E-state index < -0.39 is 12.1 Å². The summed E-state index contributed by atoms with van der Waals surface area (Å²) in [5.41, 5.74) is 1.45. The van der Waals surface area contributed by atoms with Crippen molar-refractivity contribution in [2.75, 3.05) is 10.6 Å². The topological polar surface area (TPSA) is 58.2 Å². The van der Waals surface area contributed by atoms with E-state index in [0.29, 0.717) is 12.1 Å². The zero-order valence-corrected chi connectivity index (χ0v) is 14.4. The van der Waals surface area contributed by atoms with Crippen molar-refractivity contribution < 1.29 is 22.8 Å². The lowest BCUT2D eigenvalue weighted by Gasteiger charge is -2.09. The fraction of sp³-hybridized carbons (Fsp3) is 0.176. The Kier molecular flexibility index (Phi) is 6.19. The average molecular weight is 415 g/mol. The molecule has 0 fully saturated rings. The highest BCUT2D eigenvalue weighted by Gasteiger charge is 2.38. The Labute approximate surface area is 150 Å². The van der Waals surface area contributed by atoms with E-state index in [0.717, 1.165) is 10.0 Å². The summed E-state index contributed by atoms with van der Waals surface area (Å²) >= 11 is 3.33. The van der Waals surface area contributed by atoms with Gasteiger partial charge in [-0.05, 0) is 48.4 Å². The number of alkyl halides is 3. The van der Waals surface area contributed by atoms with Crippen LogP contribution in [0.1, 0.15) is 12.0 Å². The van der Waals surface area contributed by atoms with Gasteiger partial charge in [0.15, 0.2) is 0 Å². The van der Waals surface area contributed by atoms with Crippen LogP contribution in [0.4, 0.5) is 24.5 Å². The molecule has 0 radical (unpaired) electrons. The van der Waals surface area contributed by atoms with Gasteiger partial charge in [0.05, 0.1) is 0 Å². The number of hydrogen-bond acceptors (Lipinski definition) is 2. The van der Waals surface area contributed by atoms with Crippen molar-refractivity contribution in [3.8, 4) is 0 Å². The van der Waals surface area contributed by atoms with E-state index in [9.17, 15) is 22.8 Å². The van der Waals surface area contributed by atoms with Crippen LogP contribution >= 0.6 is 15.9 Å². The fourth-order valence-electron chi connectivity index (χ4n) is 1.97. The molecule has 132 valence electrons. The number of amides is 2. The summed E-state index contributed by atoms with van der Waals surface area (Å²) in [4.78, 5) is 22.7. The Morgan fingerprint density at radius 2 is 1.40 bits per heavy atom. The van der Waals surface area contributed by atoms with Gasteiger partial charge in [0, 0.05) is 22.3 Å². The molecule has 25 heavy (non-hydrogen) atoms. The summed E-state index contributed by atoms with van der Waals surface area (Å²) in [5, 5.41) is 4.38. The molecule has 2 aromatic rings. The van der Waals surface area contributed by atoms with Gasteiger partial charge < -0.3 is 10.6 Å². The van der Waals surface area contributed by atoms with Gasteiger partial charge in [-0.25, -0.2) is 0 Å². The summed E-state index contributed by atoms with van der Waals surface area (Å²) in [6.45, 7) is 0. The predicted molar refractivity (Wildman–Crippen MR) is 92.2 cm³/mol. The van der Waals surface area contributed by atoms with Crippen LogP contribution in [0.25, 0.3) is 0 Å². The zero-order chi connectivity index (χ0) is 18.4. The molecule has 4 nitrogen and oxygen atoms in total. The largest absolute Gasteiger partial charge is 0.471 e. The molecule has 0 unspecified atom stereocenters. The van der Waals surface area contributed by atoms with Crippen LogP contribution < -0.4 is 10.6 Å². The number of halogens is 4. The molecule has 0 aliphatic rings. The molecule has 0 atom stereocenters. The third-order valence-corrected chi connectivity index (χ3v) is 3.77. The molecule has 0 bridgehead atoms. The van der Waals surface area contributed by atoms with Crippen LogP contribution in [0.5, 0.6) is 0 Å². The number of nitrogens with one attached hydrogen (secondary N) is 2. The fourth-order valence-corrected chi connectivity index (χ4v) is 2.24. The molecule has 0 saturated heterocycles. The summed E-state index contributed by atoms with van der Waals surface area (Å²) in [6, 6.07) is 13.0. The molecule has 2 N–H and O–H groups in total. The lowest BCUT2D eigenvalue weighted by Crippen LogP contribution is -2.29. The van der Waals surface area contributed by atoms with Crippen LogP contribution in [0.2, 0.25) is 0 Å². The van der Waals surface area contributed by atoms with Crippen molar-refractivity contribution in [3.05, 3.63) is 58.6 Å². The van der Waals surface area contributed by atoms with E-state index >= 15 is 0 Å². The third-order valence-electron chi connectivity index (χ3n) is 3.24. The second kappa shape index (κ2) is 8.15. The number of hydrogen-bond donors (Lipinski definition) is 2. The zero-order valence-electron chi connectivity index (χ0n) is 12.9. The maximum absolute atomic E-state index is 12.2. The maximum Gasteiger partial charge on any atom is 0.471 e. The molecular formula is C17H14BrF3N2O2. The van der Waals surface area contributed by atoms with Crippen LogP contribution in [-0.4, -0.2) is 18.0 Å². The Balaban J connectivity index is 1.84. The van der Waals surface area contributed by atoms with Crippen LogP contribution in [-0.2, 0) is 16.0 Å². The van der Waals surface area contributed by atoms with Crippen molar-refractivity contribution in [3.63, 3.8) is 0 Å².